The lowest BCUT2D eigenvalue weighted by molar-refractivity contribution is 0.251. The fraction of sp³-hybridized carbons (Fsp3) is 0.278. The maximum atomic E-state index is 12.0. The Hall–Kier alpha value is -2.33. The predicted octanol–water partition coefficient (Wildman–Crippen LogP) is 3.38. The molecule has 2 N–H and O–H groups in total. The van der Waals surface area contributed by atoms with E-state index < -0.39 is 0 Å². The lowest BCUT2D eigenvalue weighted by Gasteiger charge is -2.12. The molecule has 0 heterocycles. The van der Waals surface area contributed by atoms with E-state index in [1.54, 1.807) is 0 Å². The molecule has 22 heavy (non-hydrogen) atoms. The standard InChI is InChI=1S/C18H23N3O/c1-14-7-4-5-10-17(14)20-18(22)19-12-15-8-6-9-16(11-15)13-21(2)3/h4-11H,12-13H2,1-3H3,(H2,19,20,22). The normalized spacial score (nSPS) is 10.5. The summed E-state index contributed by atoms with van der Waals surface area (Å²) in [4.78, 5) is 14.1. The molecule has 0 bridgehead atoms. The Kier molecular flexibility index (Phi) is 5.55. The van der Waals surface area contributed by atoms with Crippen molar-refractivity contribution in [3.05, 3.63) is 65.2 Å². The largest absolute Gasteiger partial charge is 0.334 e. The first-order chi connectivity index (χ1) is 10.5. The molecule has 2 aromatic carbocycles. The molecule has 0 radical (unpaired) electrons. The smallest absolute Gasteiger partial charge is 0.319 e. The Morgan fingerprint density at radius 3 is 2.50 bits per heavy atom. The van der Waals surface area contributed by atoms with E-state index in [-0.39, 0.29) is 6.03 Å². The SMILES string of the molecule is Cc1ccccc1NC(=O)NCc1cccc(CN(C)C)c1. The van der Waals surface area contributed by atoms with Crippen molar-refractivity contribution in [2.75, 3.05) is 19.4 Å². The molecule has 4 heteroatoms. The summed E-state index contributed by atoms with van der Waals surface area (Å²) in [5, 5.41) is 5.76. The number of carbonyl (C=O) groups is 1. The van der Waals surface area contributed by atoms with Crippen LogP contribution in [0.5, 0.6) is 0 Å². The molecule has 0 saturated heterocycles. The lowest BCUT2D eigenvalue weighted by Crippen LogP contribution is -2.28. The van der Waals surface area contributed by atoms with Crippen molar-refractivity contribution in [2.45, 2.75) is 20.0 Å². The third-order valence-electron chi connectivity index (χ3n) is 3.34. The number of hydrogen-bond acceptors (Lipinski definition) is 2. The van der Waals surface area contributed by atoms with Crippen LogP contribution in [-0.4, -0.2) is 25.0 Å². The van der Waals surface area contributed by atoms with Gasteiger partial charge >= 0.3 is 6.03 Å². The summed E-state index contributed by atoms with van der Waals surface area (Å²) in [5.41, 5.74) is 4.22. The van der Waals surface area contributed by atoms with Gasteiger partial charge in [-0.3, -0.25) is 0 Å². The number of carbonyl (C=O) groups excluding carboxylic acids is 1. The molecule has 0 atom stereocenters. The second-order valence-corrected chi connectivity index (χ2v) is 5.68. The summed E-state index contributed by atoms with van der Waals surface area (Å²) in [6.45, 7) is 3.38. The molecule has 0 fully saturated rings. The van der Waals surface area contributed by atoms with Gasteiger partial charge in [0.1, 0.15) is 0 Å². The number of benzene rings is 2. The lowest BCUT2D eigenvalue weighted by atomic mass is 10.1. The van der Waals surface area contributed by atoms with Gasteiger partial charge in [-0.05, 0) is 43.8 Å². The third kappa shape index (κ3) is 4.90. The number of nitrogens with zero attached hydrogens (tertiary/aromatic N) is 1. The van der Waals surface area contributed by atoms with Crippen LogP contribution in [0.25, 0.3) is 0 Å². The Morgan fingerprint density at radius 1 is 1.05 bits per heavy atom. The van der Waals surface area contributed by atoms with E-state index in [0.717, 1.165) is 23.4 Å². The van der Waals surface area contributed by atoms with E-state index >= 15 is 0 Å². The fourth-order valence-corrected chi connectivity index (χ4v) is 2.27. The van der Waals surface area contributed by atoms with E-state index in [1.165, 1.54) is 5.56 Å². The zero-order valence-corrected chi connectivity index (χ0v) is 13.4. The summed E-state index contributed by atoms with van der Waals surface area (Å²) in [6, 6.07) is 15.8. The summed E-state index contributed by atoms with van der Waals surface area (Å²) < 4.78 is 0. The van der Waals surface area contributed by atoms with E-state index in [4.69, 9.17) is 0 Å². The highest BCUT2D eigenvalue weighted by atomic mass is 16.2. The zero-order chi connectivity index (χ0) is 15.9. The number of rotatable bonds is 5. The summed E-state index contributed by atoms with van der Waals surface area (Å²) in [6.07, 6.45) is 0. The van der Waals surface area contributed by atoms with Crippen molar-refractivity contribution in [3.63, 3.8) is 0 Å². The van der Waals surface area contributed by atoms with Crippen LogP contribution in [0.15, 0.2) is 48.5 Å². The van der Waals surface area contributed by atoms with Crippen LogP contribution in [0, 0.1) is 6.92 Å². The van der Waals surface area contributed by atoms with Gasteiger partial charge in [0.05, 0.1) is 0 Å². The van der Waals surface area contributed by atoms with Gasteiger partial charge in [-0.1, -0.05) is 42.5 Å². The average Bonchev–Trinajstić information content (AvgIpc) is 2.47. The van der Waals surface area contributed by atoms with Crippen molar-refractivity contribution in [1.82, 2.24) is 10.2 Å². The van der Waals surface area contributed by atoms with Gasteiger partial charge in [-0.15, -0.1) is 0 Å². The van der Waals surface area contributed by atoms with Gasteiger partial charge in [-0.2, -0.15) is 0 Å². The Bertz CT molecular complexity index is 638. The van der Waals surface area contributed by atoms with Crippen LogP contribution in [0.2, 0.25) is 0 Å². The monoisotopic (exact) mass is 297 g/mol. The molecule has 4 nitrogen and oxygen atoms in total. The number of aryl methyl sites for hydroxylation is 1. The molecule has 0 saturated carbocycles. The third-order valence-corrected chi connectivity index (χ3v) is 3.34. The minimum absolute atomic E-state index is 0.188. The van der Waals surface area contributed by atoms with Crippen LogP contribution in [0.1, 0.15) is 16.7 Å². The summed E-state index contributed by atoms with van der Waals surface area (Å²) in [5.74, 6) is 0. The van der Waals surface area contributed by atoms with Crippen LogP contribution in [0.4, 0.5) is 10.5 Å². The maximum absolute atomic E-state index is 12.0. The number of anilines is 1. The van der Waals surface area contributed by atoms with Crippen molar-refractivity contribution < 1.29 is 4.79 Å². The molecule has 2 aromatic rings. The minimum atomic E-state index is -0.188. The first kappa shape index (κ1) is 16.0. The highest BCUT2D eigenvalue weighted by Crippen LogP contribution is 2.13. The van der Waals surface area contributed by atoms with Gasteiger partial charge in [0.25, 0.3) is 0 Å². The molecule has 0 aliphatic carbocycles. The van der Waals surface area contributed by atoms with Crippen LogP contribution in [0.3, 0.4) is 0 Å². The van der Waals surface area contributed by atoms with Gasteiger partial charge in [0.2, 0.25) is 0 Å². The molecule has 116 valence electrons. The van der Waals surface area contributed by atoms with Crippen molar-refractivity contribution in [2.24, 2.45) is 0 Å². The molecule has 0 aromatic heterocycles. The second-order valence-electron chi connectivity index (χ2n) is 5.68. The van der Waals surface area contributed by atoms with E-state index in [1.807, 2.05) is 57.4 Å². The van der Waals surface area contributed by atoms with E-state index in [9.17, 15) is 4.79 Å². The highest BCUT2D eigenvalue weighted by molar-refractivity contribution is 5.89. The van der Waals surface area contributed by atoms with Crippen LogP contribution in [-0.2, 0) is 13.1 Å². The molecular formula is C18H23N3O. The molecule has 0 spiro atoms. The van der Waals surface area contributed by atoms with Crippen molar-refractivity contribution in [3.8, 4) is 0 Å². The predicted molar refractivity (Wildman–Crippen MR) is 90.9 cm³/mol. The first-order valence-electron chi connectivity index (χ1n) is 7.37. The number of nitrogens with one attached hydrogen (secondary N) is 2. The first-order valence-corrected chi connectivity index (χ1v) is 7.37. The highest BCUT2D eigenvalue weighted by Gasteiger charge is 2.04. The van der Waals surface area contributed by atoms with Crippen molar-refractivity contribution in [1.29, 1.82) is 0 Å². The van der Waals surface area contributed by atoms with Gasteiger partial charge in [-0.25, -0.2) is 4.79 Å². The van der Waals surface area contributed by atoms with Gasteiger partial charge < -0.3 is 15.5 Å². The molecule has 0 aliphatic heterocycles. The molecule has 2 rings (SSSR count). The number of para-hydroxylation sites is 1. The molecule has 0 aliphatic rings. The van der Waals surface area contributed by atoms with Gasteiger partial charge in [0, 0.05) is 18.8 Å². The Morgan fingerprint density at radius 2 is 1.77 bits per heavy atom. The molecule has 2 amide bonds. The fourth-order valence-electron chi connectivity index (χ4n) is 2.27. The van der Waals surface area contributed by atoms with Crippen molar-refractivity contribution >= 4 is 11.7 Å². The second kappa shape index (κ2) is 7.61. The van der Waals surface area contributed by atoms with E-state index in [2.05, 4.69) is 27.7 Å². The number of urea groups is 1. The summed E-state index contributed by atoms with van der Waals surface area (Å²) >= 11 is 0. The zero-order valence-electron chi connectivity index (χ0n) is 13.4. The van der Waals surface area contributed by atoms with Crippen LogP contribution >= 0.6 is 0 Å². The molecular weight excluding hydrogens is 274 g/mol. The summed E-state index contributed by atoms with van der Waals surface area (Å²) in [7, 11) is 4.08. The maximum Gasteiger partial charge on any atom is 0.319 e. The molecule has 0 unspecified atom stereocenters. The number of hydrogen-bond donors (Lipinski definition) is 2. The van der Waals surface area contributed by atoms with Gasteiger partial charge in [0.15, 0.2) is 0 Å². The quantitative estimate of drug-likeness (QED) is 0.888. The minimum Gasteiger partial charge on any atom is -0.334 e. The Balaban J connectivity index is 1.90. The average molecular weight is 297 g/mol. The van der Waals surface area contributed by atoms with E-state index in [0.29, 0.717) is 6.54 Å². The van der Waals surface area contributed by atoms with Crippen LogP contribution < -0.4 is 10.6 Å². The number of amides is 2. The Labute approximate surface area is 132 Å². The topological polar surface area (TPSA) is 44.4 Å².